The highest BCUT2D eigenvalue weighted by Crippen LogP contribution is 2.22. The second-order valence-corrected chi connectivity index (χ2v) is 5.62. The molecule has 0 amide bonds. The standard InChI is InChI=1S/C14H20BrNO/c1-17-11-12-6-8-16(9-7-12)10-13-4-2-3-5-14(13)15/h2-5,12H,6-11H2,1H3. The summed E-state index contributed by atoms with van der Waals surface area (Å²) in [6.07, 6.45) is 2.52. The van der Waals surface area contributed by atoms with E-state index in [4.69, 9.17) is 4.74 Å². The average molecular weight is 298 g/mol. The van der Waals surface area contributed by atoms with Gasteiger partial charge in [-0.15, -0.1) is 0 Å². The zero-order valence-electron chi connectivity index (χ0n) is 10.4. The Hall–Kier alpha value is -0.380. The lowest BCUT2D eigenvalue weighted by atomic mass is 9.97. The van der Waals surface area contributed by atoms with Gasteiger partial charge in [0.15, 0.2) is 0 Å². The summed E-state index contributed by atoms with van der Waals surface area (Å²) in [6, 6.07) is 8.49. The molecule has 3 heteroatoms. The van der Waals surface area contributed by atoms with E-state index < -0.39 is 0 Å². The highest BCUT2D eigenvalue weighted by Gasteiger charge is 2.19. The van der Waals surface area contributed by atoms with E-state index in [2.05, 4.69) is 45.1 Å². The molecule has 0 bridgehead atoms. The van der Waals surface area contributed by atoms with Crippen LogP contribution >= 0.6 is 15.9 Å². The first-order valence-electron chi connectivity index (χ1n) is 6.24. The lowest BCUT2D eigenvalue weighted by Gasteiger charge is -2.31. The number of hydrogen-bond donors (Lipinski definition) is 0. The molecule has 0 atom stereocenters. The van der Waals surface area contributed by atoms with Crippen LogP contribution in [0.4, 0.5) is 0 Å². The molecule has 0 aromatic heterocycles. The first-order valence-corrected chi connectivity index (χ1v) is 7.03. The maximum absolute atomic E-state index is 5.23. The fourth-order valence-electron chi connectivity index (χ4n) is 2.41. The third-order valence-electron chi connectivity index (χ3n) is 3.46. The zero-order valence-corrected chi connectivity index (χ0v) is 11.9. The Balaban J connectivity index is 1.84. The Labute approximate surface area is 112 Å². The Kier molecular flexibility index (Phi) is 5.01. The quantitative estimate of drug-likeness (QED) is 0.845. The van der Waals surface area contributed by atoms with Crippen LogP contribution in [0.15, 0.2) is 28.7 Å². The lowest BCUT2D eigenvalue weighted by Crippen LogP contribution is -2.34. The number of likely N-dealkylation sites (tertiary alicyclic amines) is 1. The largest absolute Gasteiger partial charge is 0.384 e. The first-order chi connectivity index (χ1) is 8.29. The summed E-state index contributed by atoms with van der Waals surface area (Å²) < 4.78 is 6.45. The SMILES string of the molecule is COCC1CCN(Cc2ccccc2Br)CC1. The molecule has 0 N–H and O–H groups in total. The molecule has 0 saturated carbocycles. The summed E-state index contributed by atoms with van der Waals surface area (Å²) in [4.78, 5) is 2.53. The summed E-state index contributed by atoms with van der Waals surface area (Å²) in [7, 11) is 1.80. The van der Waals surface area contributed by atoms with Crippen molar-refractivity contribution in [2.24, 2.45) is 5.92 Å². The minimum absolute atomic E-state index is 0.760. The van der Waals surface area contributed by atoms with Crippen LogP contribution in [0.5, 0.6) is 0 Å². The van der Waals surface area contributed by atoms with E-state index in [0.717, 1.165) is 19.1 Å². The molecular weight excluding hydrogens is 278 g/mol. The van der Waals surface area contributed by atoms with E-state index in [1.165, 1.54) is 36.0 Å². The number of halogens is 1. The minimum atomic E-state index is 0.760. The molecule has 2 rings (SSSR count). The van der Waals surface area contributed by atoms with Crippen molar-refractivity contribution in [1.29, 1.82) is 0 Å². The maximum atomic E-state index is 5.23. The Morgan fingerprint density at radius 2 is 2.00 bits per heavy atom. The van der Waals surface area contributed by atoms with Crippen LogP contribution < -0.4 is 0 Å². The van der Waals surface area contributed by atoms with E-state index in [9.17, 15) is 0 Å². The van der Waals surface area contributed by atoms with Crippen LogP contribution in [-0.2, 0) is 11.3 Å². The molecule has 1 aromatic carbocycles. The monoisotopic (exact) mass is 297 g/mol. The van der Waals surface area contributed by atoms with E-state index in [0.29, 0.717) is 0 Å². The fraction of sp³-hybridized carbons (Fsp3) is 0.571. The number of hydrogen-bond acceptors (Lipinski definition) is 2. The van der Waals surface area contributed by atoms with Gasteiger partial charge in [-0.1, -0.05) is 34.1 Å². The van der Waals surface area contributed by atoms with Crippen LogP contribution in [-0.4, -0.2) is 31.7 Å². The summed E-state index contributed by atoms with van der Waals surface area (Å²) >= 11 is 3.61. The van der Waals surface area contributed by atoms with Gasteiger partial charge in [0.1, 0.15) is 0 Å². The molecular formula is C14H20BrNO. The van der Waals surface area contributed by atoms with Gasteiger partial charge in [-0.25, -0.2) is 0 Å². The van der Waals surface area contributed by atoms with E-state index in [1.807, 2.05) is 0 Å². The van der Waals surface area contributed by atoms with Gasteiger partial charge in [-0.2, -0.15) is 0 Å². The molecule has 17 heavy (non-hydrogen) atoms. The van der Waals surface area contributed by atoms with Crippen LogP contribution in [0.3, 0.4) is 0 Å². The number of benzene rings is 1. The molecule has 1 aliphatic rings. The van der Waals surface area contributed by atoms with Crippen molar-refractivity contribution in [3.63, 3.8) is 0 Å². The van der Waals surface area contributed by atoms with Crippen molar-refractivity contribution < 1.29 is 4.74 Å². The molecule has 0 spiro atoms. The van der Waals surface area contributed by atoms with Gasteiger partial charge in [0.25, 0.3) is 0 Å². The third kappa shape index (κ3) is 3.80. The number of nitrogens with zero attached hydrogens (tertiary/aromatic N) is 1. The van der Waals surface area contributed by atoms with Gasteiger partial charge in [-0.05, 0) is 43.5 Å². The maximum Gasteiger partial charge on any atom is 0.0491 e. The highest BCUT2D eigenvalue weighted by molar-refractivity contribution is 9.10. The fourth-order valence-corrected chi connectivity index (χ4v) is 2.82. The van der Waals surface area contributed by atoms with Gasteiger partial charge in [-0.3, -0.25) is 4.90 Å². The third-order valence-corrected chi connectivity index (χ3v) is 4.23. The van der Waals surface area contributed by atoms with Gasteiger partial charge in [0.05, 0.1) is 0 Å². The van der Waals surface area contributed by atoms with Crippen molar-refractivity contribution in [3.05, 3.63) is 34.3 Å². The van der Waals surface area contributed by atoms with Gasteiger partial charge >= 0.3 is 0 Å². The molecule has 1 saturated heterocycles. The zero-order chi connectivity index (χ0) is 12.1. The molecule has 1 fully saturated rings. The van der Waals surface area contributed by atoms with E-state index in [1.54, 1.807) is 7.11 Å². The van der Waals surface area contributed by atoms with Crippen molar-refractivity contribution >= 4 is 15.9 Å². The van der Waals surface area contributed by atoms with E-state index in [-0.39, 0.29) is 0 Å². The molecule has 0 radical (unpaired) electrons. The van der Waals surface area contributed by atoms with Crippen molar-refractivity contribution in [2.75, 3.05) is 26.8 Å². The average Bonchev–Trinajstić information content (AvgIpc) is 2.35. The predicted molar refractivity (Wildman–Crippen MR) is 74.0 cm³/mol. The molecule has 94 valence electrons. The molecule has 0 aliphatic carbocycles. The lowest BCUT2D eigenvalue weighted by molar-refractivity contribution is 0.0967. The Morgan fingerprint density at radius 1 is 1.29 bits per heavy atom. The van der Waals surface area contributed by atoms with Crippen LogP contribution in [0.2, 0.25) is 0 Å². The van der Waals surface area contributed by atoms with Gasteiger partial charge in [0, 0.05) is 24.7 Å². The van der Waals surface area contributed by atoms with E-state index >= 15 is 0 Å². The number of ether oxygens (including phenoxy) is 1. The molecule has 2 nitrogen and oxygen atoms in total. The van der Waals surface area contributed by atoms with Crippen LogP contribution in [0.1, 0.15) is 18.4 Å². The highest BCUT2D eigenvalue weighted by atomic mass is 79.9. The minimum Gasteiger partial charge on any atom is -0.384 e. The predicted octanol–water partition coefficient (Wildman–Crippen LogP) is 3.31. The number of methoxy groups -OCH3 is 1. The second-order valence-electron chi connectivity index (χ2n) is 4.77. The summed E-state index contributed by atoms with van der Waals surface area (Å²) in [5, 5.41) is 0. The topological polar surface area (TPSA) is 12.5 Å². The number of rotatable bonds is 4. The van der Waals surface area contributed by atoms with Crippen molar-refractivity contribution in [2.45, 2.75) is 19.4 Å². The van der Waals surface area contributed by atoms with Crippen molar-refractivity contribution in [3.8, 4) is 0 Å². The smallest absolute Gasteiger partial charge is 0.0491 e. The molecule has 0 unspecified atom stereocenters. The summed E-state index contributed by atoms with van der Waals surface area (Å²) in [5.41, 5.74) is 1.39. The molecule has 1 heterocycles. The normalized spacial score (nSPS) is 18.5. The first kappa shape index (κ1) is 13.1. The van der Waals surface area contributed by atoms with Gasteiger partial charge in [0.2, 0.25) is 0 Å². The summed E-state index contributed by atoms with van der Waals surface area (Å²) in [6.45, 7) is 4.36. The molecule has 1 aromatic rings. The van der Waals surface area contributed by atoms with Crippen molar-refractivity contribution in [1.82, 2.24) is 4.90 Å². The van der Waals surface area contributed by atoms with Crippen LogP contribution in [0, 0.1) is 5.92 Å². The Morgan fingerprint density at radius 3 is 2.65 bits per heavy atom. The van der Waals surface area contributed by atoms with Crippen LogP contribution in [0.25, 0.3) is 0 Å². The van der Waals surface area contributed by atoms with Gasteiger partial charge < -0.3 is 4.74 Å². The Bertz CT molecular complexity index is 348. The number of piperidine rings is 1. The second kappa shape index (κ2) is 6.53. The summed E-state index contributed by atoms with van der Waals surface area (Å²) in [5.74, 6) is 0.760. The molecule has 1 aliphatic heterocycles.